The molecule has 0 aliphatic heterocycles. The van der Waals surface area contributed by atoms with Crippen molar-refractivity contribution in [3.05, 3.63) is 0 Å². The van der Waals surface area contributed by atoms with E-state index < -0.39 is 9.28 Å². The zero-order valence-corrected chi connectivity index (χ0v) is 10.7. The molecular formula is C10H22NO2Si. The number of aliphatic imine (C=N–C) groups is 1. The van der Waals surface area contributed by atoms with Crippen molar-refractivity contribution in [2.45, 2.75) is 39.7 Å². The van der Waals surface area contributed by atoms with E-state index in [9.17, 15) is 0 Å². The highest BCUT2D eigenvalue weighted by molar-refractivity contribution is 6.46. The first-order chi connectivity index (χ1) is 6.76. The van der Waals surface area contributed by atoms with Gasteiger partial charge in [-0.15, -0.1) is 0 Å². The minimum atomic E-state index is -1.08. The van der Waals surface area contributed by atoms with Crippen LogP contribution in [0.2, 0.25) is 5.54 Å². The summed E-state index contributed by atoms with van der Waals surface area (Å²) in [5.74, 6) is 0. The highest BCUT2D eigenvalue weighted by Crippen LogP contribution is 2.16. The lowest BCUT2D eigenvalue weighted by molar-refractivity contribution is 0.204. The monoisotopic (exact) mass is 216 g/mol. The Labute approximate surface area is 89.4 Å². The van der Waals surface area contributed by atoms with Crippen molar-refractivity contribution in [1.29, 1.82) is 0 Å². The third-order valence-electron chi connectivity index (χ3n) is 1.85. The first-order valence-corrected chi connectivity index (χ1v) is 6.72. The van der Waals surface area contributed by atoms with Crippen LogP contribution in [0.3, 0.4) is 0 Å². The average molecular weight is 216 g/mol. The molecule has 0 heterocycles. The molecule has 0 aromatic rings. The van der Waals surface area contributed by atoms with Crippen molar-refractivity contribution in [1.82, 2.24) is 0 Å². The van der Waals surface area contributed by atoms with E-state index >= 15 is 0 Å². The van der Waals surface area contributed by atoms with Crippen molar-refractivity contribution >= 4 is 15.5 Å². The molecule has 0 aromatic heterocycles. The maximum absolute atomic E-state index is 5.60. The molecule has 1 atom stereocenters. The smallest absolute Gasteiger partial charge is 0.387 e. The average Bonchev–Trinajstić information content (AvgIpc) is 2.18. The van der Waals surface area contributed by atoms with Gasteiger partial charge in [-0.25, -0.2) is 0 Å². The van der Waals surface area contributed by atoms with Gasteiger partial charge in [0.1, 0.15) is 0 Å². The summed E-state index contributed by atoms with van der Waals surface area (Å²) >= 11 is 0. The van der Waals surface area contributed by atoms with Gasteiger partial charge in [0.15, 0.2) is 0 Å². The maximum atomic E-state index is 5.60. The molecule has 1 unspecified atom stereocenters. The van der Waals surface area contributed by atoms with E-state index in [4.69, 9.17) is 8.85 Å². The second kappa shape index (κ2) is 9.37. The Bertz CT molecular complexity index is 147. The molecule has 0 spiro atoms. The van der Waals surface area contributed by atoms with Gasteiger partial charge in [0, 0.05) is 25.3 Å². The Hall–Kier alpha value is -0.193. The van der Waals surface area contributed by atoms with Gasteiger partial charge in [-0.2, -0.15) is 0 Å². The van der Waals surface area contributed by atoms with Crippen LogP contribution in [0.25, 0.3) is 0 Å². The van der Waals surface area contributed by atoms with E-state index in [0.29, 0.717) is 5.54 Å². The molecule has 0 aromatic carbocycles. The fraction of sp³-hybridized carbons (Fsp3) is 0.900. The van der Waals surface area contributed by atoms with E-state index in [0.717, 1.165) is 26.2 Å². The summed E-state index contributed by atoms with van der Waals surface area (Å²) in [7, 11) is -1.08. The van der Waals surface area contributed by atoms with Crippen molar-refractivity contribution in [2.24, 2.45) is 4.99 Å². The van der Waals surface area contributed by atoms with Crippen LogP contribution in [0.5, 0.6) is 0 Å². The molecule has 0 amide bonds. The third kappa shape index (κ3) is 6.29. The molecule has 0 saturated heterocycles. The molecule has 0 aliphatic rings. The van der Waals surface area contributed by atoms with Gasteiger partial charge >= 0.3 is 9.28 Å². The standard InChI is InChI=1S/C10H22NO2Si/c1-5-11-9-8-10(4)14(12-6-2)13-7-3/h5,10H,6-9H2,1-4H3. The molecule has 3 nitrogen and oxygen atoms in total. The zero-order chi connectivity index (χ0) is 10.8. The Kier molecular flexibility index (Phi) is 9.24. The fourth-order valence-corrected chi connectivity index (χ4v) is 2.71. The fourth-order valence-electron chi connectivity index (χ4n) is 1.13. The van der Waals surface area contributed by atoms with Crippen molar-refractivity contribution in [3.8, 4) is 0 Å². The Morgan fingerprint density at radius 1 is 1.29 bits per heavy atom. The third-order valence-corrected chi connectivity index (χ3v) is 4.09. The maximum Gasteiger partial charge on any atom is 0.387 e. The van der Waals surface area contributed by atoms with Crippen molar-refractivity contribution in [3.63, 3.8) is 0 Å². The Morgan fingerprint density at radius 2 is 1.86 bits per heavy atom. The normalized spacial score (nSPS) is 14.1. The molecule has 0 saturated carbocycles. The topological polar surface area (TPSA) is 30.8 Å². The van der Waals surface area contributed by atoms with Gasteiger partial charge in [0.05, 0.1) is 0 Å². The summed E-state index contributed by atoms with van der Waals surface area (Å²) < 4.78 is 11.2. The molecule has 0 bridgehead atoms. The lowest BCUT2D eigenvalue weighted by Crippen LogP contribution is -2.28. The van der Waals surface area contributed by atoms with Crippen LogP contribution in [-0.4, -0.2) is 35.3 Å². The molecule has 0 fully saturated rings. The highest BCUT2D eigenvalue weighted by Gasteiger charge is 2.22. The van der Waals surface area contributed by atoms with Crippen LogP contribution in [0.4, 0.5) is 0 Å². The zero-order valence-electron chi connectivity index (χ0n) is 9.75. The van der Waals surface area contributed by atoms with Gasteiger partial charge in [0.2, 0.25) is 0 Å². The molecule has 83 valence electrons. The van der Waals surface area contributed by atoms with E-state index in [1.54, 1.807) is 0 Å². The van der Waals surface area contributed by atoms with Crippen LogP contribution in [0.15, 0.2) is 4.99 Å². The molecule has 0 aliphatic carbocycles. The molecule has 14 heavy (non-hydrogen) atoms. The largest absolute Gasteiger partial charge is 0.393 e. The number of nitrogens with zero attached hydrogens (tertiary/aromatic N) is 1. The van der Waals surface area contributed by atoms with E-state index in [-0.39, 0.29) is 0 Å². The van der Waals surface area contributed by atoms with E-state index in [1.165, 1.54) is 0 Å². The predicted octanol–water partition coefficient (Wildman–Crippen LogP) is 2.42. The van der Waals surface area contributed by atoms with Crippen molar-refractivity contribution in [2.75, 3.05) is 19.8 Å². The SMILES string of the molecule is CC=NCCC(C)[Si](OCC)OCC. The summed E-state index contributed by atoms with van der Waals surface area (Å²) in [5, 5.41) is 0. The first-order valence-electron chi connectivity index (χ1n) is 5.33. The summed E-state index contributed by atoms with van der Waals surface area (Å²) in [4.78, 5) is 4.19. The second-order valence-corrected chi connectivity index (χ2v) is 5.24. The van der Waals surface area contributed by atoms with Gasteiger partial charge < -0.3 is 8.85 Å². The van der Waals surface area contributed by atoms with E-state index in [1.807, 2.05) is 27.0 Å². The predicted molar refractivity (Wildman–Crippen MR) is 62.1 cm³/mol. The quantitative estimate of drug-likeness (QED) is 0.461. The lowest BCUT2D eigenvalue weighted by Gasteiger charge is -2.19. The van der Waals surface area contributed by atoms with E-state index in [2.05, 4.69) is 11.9 Å². The minimum absolute atomic E-state index is 0.503. The summed E-state index contributed by atoms with van der Waals surface area (Å²) in [6, 6.07) is 0. The van der Waals surface area contributed by atoms with Crippen LogP contribution in [0, 0.1) is 0 Å². The minimum Gasteiger partial charge on any atom is -0.393 e. The van der Waals surface area contributed by atoms with Crippen molar-refractivity contribution < 1.29 is 8.85 Å². The second-order valence-electron chi connectivity index (χ2n) is 3.04. The van der Waals surface area contributed by atoms with Crippen LogP contribution in [0.1, 0.15) is 34.1 Å². The summed E-state index contributed by atoms with van der Waals surface area (Å²) in [6.45, 7) is 10.5. The highest BCUT2D eigenvalue weighted by atomic mass is 28.3. The lowest BCUT2D eigenvalue weighted by atomic mass is 10.3. The summed E-state index contributed by atoms with van der Waals surface area (Å²) in [5.41, 5.74) is 0.503. The molecule has 0 N–H and O–H groups in total. The number of hydrogen-bond donors (Lipinski definition) is 0. The number of rotatable bonds is 8. The van der Waals surface area contributed by atoms with Crippen LogP contribution >= 0.6 is 0 Å². The number of hydrogen-bond acceptors (Lipinski definition) is 3. The first kappa shape index (κ1) is 13.8. The van der Waals surface area contributed by atoms with Gasteiger partial charge in [0.25, 0.3) is 0 Å². The summed E-state index contributed by atoms with van der Waals surface area (Å²) in [6.07, 6.45) is 2.90. The van der Waals surface area contributed by atoms with Crippen LogP contribution in [-0.2, 0) is 8.85 Å². The van der Waals surface area contributed by atoms with Gasteiger partial charge in [-0.3, -0.25) is 4.99 Å². The molecule has 4 heteroatoms. The Balaban J connectivity index is 3.80. The molecule has 0 rings (SSSR count). The van der Waals surface area contributed by atoms with Gasteiger partial charge in [-0.05, 0) is 33.4 Å². The molecular weight excluding hydrogens is 194 g/mol. The molecule has 1 radical (unpaired) electrons. The van der Waals surface area contributed by atoms with Crippen LogP contribution < -0.4 is 0 Å². The Morgan fingerprint density at radius 3 is 2.29 bits per heavy atom. The van der Waals surface area contributed by atoms with Gasteiger partial charge in [-0.1, -0.05) is 6.92 Å².